The van der Waals surface area contributed by atoms with Crippen LogP contribution in [0.25, 0.3) is 10.5 Å². The van der Waals surface area contributed by atoms with Gasteiger partial charge in [0.1, 0.15) is 11.6 Å². The number of anilines is 1. The van der Waals surface area contributed by atoms with Gasteiger partial charge in [-0.25, -0.2) is 4.85 Å². The number of hydrogen-bond acceptors (Lipinski definition) is 5. The Morgan fingerprint density at radius 1 is 1.18 bits per heavy atom. The molecule has 4 rings (SSSR count). The maximum atomic E-state index is 11.6. The second-order valence-corrected chi connectivity index (χ2v) is 6.17. The first kappa shape index (κ1) is 17.3. The fourth-order valence-electron chi connectivity index (χ4n) is 3.41. The Labute approximate surface area is 160 Å². The molecule has 2 aromatic carbocycles. The van der Waals surface area contributed by atoms with Crippen LogP contribution in [0.15, 0.2) is 60.4 Å². The molecule has 0 spiro atoms. The standard InChI is InChI=1S/C20H15N5O3/c1-21-19-17(14-5-3-4-6-16(14)25(26)27)15-11-22-24-20(15)23-18(19)12-7-9-13(28-2)10-8-12/h3-11,17H,2H3,(H2,22,23,24). The van der Waals surface area contributed by atoms with E-state index in [0.717, 1.165) is 5.56 Å². The fourth-order valence-corrected chi connectivity index (χ4v) is 3.41. The number of nitrogens with one attached hydrogen (secondary N) is 2. The SMILES string of the molecule is [C-]#[N+]C1=C(c2ccc(OC)cc2)Nc2[nH]ncc2C1c1ccccc1[N+](=O)[O-]. The lowest BCUT2D eigenvalue weighted by Crippen LogP contribution is -2.17. The van der Waals surface area contributed by atoms with Gasteiger partial charge in [0.05, 0.1) is 30.7 Å². The topological polar surface area (TPSA) is 97.4 Å². The van der Waals surface area contributed by atoms with Crippen LogP contribution in [-0.4, -0.2) is 22.2 Å². The molecule has 1 atom stereocenters. The molecule has 1 unspecified atom stereocenters. The number of ether oxygens (including phenoxy) is 1. The molecule has 8 heteroatoms. The number of nitrogens with zero attached hydrogens (tertiary/aromatic N) is 3. The van der Waals surface area contributed by atoms with Gasteiger partial charge in [0.2, 0.25) is 5.70 Å². The highest BCUT2D eigenvalue weighted by Crippen LogP contribution is 2.46. The summed E-state index contributed by atoms with van der Waals surface area (Å²) in [5.41, 5.74) is 2.84. The summed E-state index contributed by atoms with van der Waals surface area (Å²) in [6, 6.07) is 13.8. The Morgan fingerprint density at radius 2 is 1.93 bits per heavy atom. The predicted octanol–water partition coefficient (Wildman–Crippen LogP) is 4.17. The molecular weight excluding hydrogens is 358 g/mol. The lowest BCUT2D eigenvalue weighted by Gasteiger charge is -2.26. The Bertz CT molecular complexity index is 1130. The predicted molar refractivity (Wildman–Crippen MR) is 104 cm³/mol. The summed E-state index contributed by atoms with van der Waals surface area (Å²) in [7, 11) is 1.58. The highest BCUT2D eigenvalue weighted by atomic mass is 16.6. The highest BCUT2D eigenvalue weighted by Gasteiger charge is 2.35. The van der Waals surface area contributed by atoms with E-state index in [1.165, 1.54) is 6.07 Å². The number of nitro benzene ring substituents is 1. The molecule has 8 nitrogen and oxygen atoms in total. The van der Waals surface area contributed by atoms with Crippen LogP contribution in [0.2, 0.25) is 0 Å². The van der Waals surface area contributed by atoms with Gasteiger partial charge in [-0.15, -0.1) is 0 Å². The van der Waals surface area contributed by atoms with Crippen LogP contribution in [0.4, 0.5) is 11.5 Å². The molecule has 0 saturated heterocycles. The van der Waals surface area contributed by atoms with Crippen molar-refractivity contribution in [1.29, 1.82) is 0 Å². The summed E-state index contributed by atoms with van der Waals surface area (Å²) in [6.45, 7) is 7.81. The molecule has 28 heavy (non-hydrogen) atoms. The van der Waals surface area contributed by atoms with E-state index in [2.05, 4.69) is 20.4 Å². The van der Waals surface area contributed by atoms with Crippen molar-refractivity contribution in [2.24, 2.45) is 0 Å². The molecule has 0 amide bonds. The van der Waals surface area contributed by atoms with Gasteiger partial charge in [0.15, 0.2) is 0 Å². The smallest absolute Gasteiger partial charge is 0.272 e. The first-order valence-electron chi connectivity index (χ1n) is 8.43. The number of aromatic nitrogens is 2. The van der Waals surface area contributed by atoms with E-state index < -0.39 is 10.8 Å². The molecule has 2 N–H and O–H groups in total. The quantitative estimate of drug-likeness (QED) is 0.406. The van der Waals surface area contributed by atoms with Crippen molar-refractivity contribution in [3.63, 3.8) is 0 Å². The number of fused-ring (bicyclic) bond motifs is 1. The van der Waals surface area contributed by atoms with Crippen molar-refractivity contribution >= 4 is 17.2 Å². The molecule has 1 aromatic heterocycles. The van der Waals surface area contributed by atoms with Crippen LogP contribution in [0.1, 0.15) is 22.6 Å². The highest BCUT2D eigenvalue weighted by molar-refractivity contribution is 5.85. The first-order chi connectivity index (χ1) is 13.6. The number of H-pyrrole nitrogens is 1. The largest absolute Gasteiger partial charge is 0.497 e. The third-order valence-electron chi connectivity index (χ3n) is 4.70. The number of rotatable bonds is 4. The zero-order valence-corrected chi connectivity index (χ0v) is 14.8. The third-order valence-corrected chi connectivity index (χ3v) is 4.70. The number of aromatic amines is 1. The number of hydrogen-bond donors (Lipinski definition) is 2. The molecule has 2 heterocycles. The molecule has 1 aliphatic heterocycles. The monoisotopic (exact) mass is 373 g/mol. The van der Waals surface area contributed by atoms with Gasteiger partial charge in [-0.2, -0.15) is 5.10 Å². The van der Waals surface area contributed by atoms with Gasteiger partial charge in [-0.1, -0.05) is 30.3 Å². The van der Waals surface area contributed by atoms with Crippen molar-refractivity contribution in [2.45, 2.75) is 5.92 Å². The molecule has 0 aliphatic carbocycles. The van der Waals surface area contributed by atoms with Crippen LogP contribution in [0, 0.1) is 16.7 Å². The van der Waals surface area contributed by atoms with E-state index in [0.29, 0.717) is 34.1 Å². The van der Waals surface area contributed by atoms with Gasteiger partial charge in [-0.05, 0) is 17.7 Å². The Kier molecular flexibility index (Phi) is 4.26. The maximum absolute atomic E-state index is 11.6. The maximum Gasteiger partial charge on any atom is 0.272 e. The van der Waals surface area contributed by atoms with Crippen molar-refractivity contribution < 1.29 is 9.66 Å². The summed E-state index contributed by atoms with van der Waals surface area (Å²) in [6.07, 6.45) is 1.60. The lowest BCUT2D eigenvalue weighted by atomic mass is 9.84. The average molecular weight is 373 g/mol. The van der Waals surface area contributed by atoms with Gasteiger partial charge in [0.25, 0.3) is 5.69 Å². The van der Waals surface area contributed by atoms with Crippen LogP contribution in [0.5, 0.6) is 5.75 Å². The van der Waals surface area contributed by atoms with Crippen molar-refractivity contribution in [3.8, 4) is 5.75 Å². The first-order valence-corrected chi connectivity index (χ1v) is 8.43. The van der Waals surface area contributed by atoms with Gasteiger partial charge in [-0.3, -0.25) is 15.2 Å². The minimum Gasteiger partial charge on any atom is -0.497 e. The summed E-state index contributed by atoms with van der Waals surface area (Å²) >= 11 is 0. The normalized spacial score (nSPS) is 15.4. The molecule has 1 aliphatic rings. The average Bonchev–Trinajstić information content (AvgIpc) is 3.20. The number of methoxy groups -OCH3 is 1. The van der Waals surface area contributed by atoms with E-state index >= 15 is 0 Å². The van der Waals surface area contributed by atoms with Crippen molar-refractivity contribution in [1.82, 2.24) is 10.2 Å². The van der Waals surface area contributed by atoms with E-state index in [9.17, 15) is 10.1 Å². The third kappa shape index (κ3) is 2.75. The molecule has 3 aromatic rings. The van der Waals surface area contributed by atoms with Crippen LogP contribution in [-0.2, 0) is 0 Å². The fraction of sp³-hybridized carbons (Fsp3) is 0.100. The van der Waals surface area contributed by atoms with Gasteiger partial charge in [0, 0.05) is 22.9 Å². The number of benzene rings is 2. The number of nitro groups is 1. The van der Waals surface area contributed by atoms with Gasteiger partial charge >= 0.3 is 0 Å². The molecule has 0 bridgehead atoms. The zero-order chi connectivity index (χ0) is 19.7. The van der Waals surface area contributed by atoms with Crippen LogP contribution < -0.4 is 10.1 Å². The Balaban J connectivity index is 1.95. The Morgan fingerprint density at radius 3 is 2.61 bits per heavy atom. The van der Waals surface area contributed by atoms with E-state index in [4.69, 9.17) is 11.3 Å². The number of para-hydroxylation sites is 1. The summed E-state index contributed by atoms with van der Waals surface area (Å²) in [4.78, 5) is 14.9. The van der Waals surface area contributed by atoms with E-state index in [-0.39, 0.29) is 5.69 Å². The minimum atomic E-state index is -0.605. The van der Waals surface area contributed by atoms with E-state index in [1.807, 2.05) is 12.1 Å². The second-order valence-electron chi connectivity index (χ2n) is 6.17. The zero-order valence-electron chi connectivity index (χ0n) is 14.8. The van der Waals surface area contributed by atoms with Gasteiger partial charge < -0.3 is 10.1 Å². The van der Waals surface area contributed by atoms with Crippen LogP contribution in [0.3, 0.4) is 0 Å². The minimum absolute atomic E-state index is 0.0308. The Hall–Kier alpha value is -4.12. The second kappa shape index (κ2) is 6.89. The van der Waals surface area contributed by atoms with Crippen LogP contribution >= 0.6 is 0 Å². The summed E-state index contributed by atoms with van der Waals surface area (Å²) < 4.78 is 5.20. The summed E-state index contributed by atoms with van der Waals surface area (Å²) in [5, 5.41) is 21.8. The van der Waals surface area contributed by atoms with E-state index in [1.54, 1.807) is 43.6 Å². The lowest BCUT2D eigenvalue weighted by molar-refractivity contribution is -0.385. The molecule has 138 valence electrons. The molecule has 0 fully saturated rings. The number of allylic oxidation sites excluding steroid dienone is 1. The molecule has 0 saturated carbocycles. The molecule has 0 radical (unpaired) electrons. The summed E-state index contributed by atoms with van der Waals surface area (Å²) in [5.74, 6) is 0.703. The van der Waals surface area contributed by atoms with Crippen molar-refractivity contribution in [3.05, 3.63) is 98.6 Å². The van der Waals surface area contributed by atoms with Crippen molar-refractivity contribution in [2.75, 3.05) is 12.4 Å². The molecular formula is C20H15N5O3.